The highest BCUT2D eigenvalue weighted by Crippen LogP contribution is 2.58. The second kappa shape index (κ2) is 6.03. The lowest BCUT2D eigenvalue weighted by Crippen LogP contribution is -2.18. The second-order valence-corrected chi connectivity index (χ2v) is 8.27. The van der Waals surface area contributed by atoms with Crippen LogP contribution in [0.25, 0.3) is 22.4 Å². The summed E-state index contributed by atoms with van der Waals surface area (Å²) in [6.07, 6.45) is 1.81. The molecule has 0 radical (unpaired) electrons. The van der Waals surface area contributed by atoms with Crippen molar-refractivity contribution < 1.29 is 4.39 Å². The van der Waals surface area contributed by atoms with Gasteiger partial charge in [-0.25, -0.2) is 9.37 Å². The van der Waals surface area contributed by atoms with Gasteiger partial charge in [0.15, 0.2) is 0 Å². The van der Waals surface area contributed by atoms with Crippen molar-refractivity contribution in [3.8, 4) is 22.4 Å². The van der Waals surface area contributed by atoms with Gasteiger partial charge < -0.3 is 9.88 Å². The van der Waals surface area contributed by atoms with Crippen LogP contribution in [-0.2, 0) is 0 Å². The van der Waals surface area contributed by atoms with E-state index in [9.17, 15) is 4.39 Å². The van der Waals surface area contributed by atoms with Gasteiger partial charge in [-0.2, -0.15) is 0 Å². The van der Waals surface area contributed by atoms with Crippen LogP contribution in [0.2, 0.25) is 0 Å². The summed E-state index contributed by atoms with van der Waals surface area (Å²) >= 11 is 3.47. The zero-order chi connectivity index (χ0) is 17.8. The first kappa shape index (κ1) is 16.2. The Morgan fingerprint density at radius 2 is 1.81 bits per heavy atom. The summed E-state index contributed by atoms with van der Waals surface area (Å²) in [5.74, 6) is 1.92. The number of halogens is 2. The Bertz CT molecular complexity index is 954. The quantitative estimate of drug-likeness (QED) is 0.620. The highest BCUT2D eigenvalue weighted by atomic mass is 79.9. The van der Waals surface area contributed by atoms with Crippen LogP contribution in [0.4, 0.5) is 4.39 Å². The number of likely N-dealkylation sites (tertiary alicyclic amines) is 1. The standard InChI is InChI=1S/C21H19BrFN3/c1-26-10-16-17(11-26)20(16)18-9-15(13-6-7-24-19(22)8-13)21(25-18)12-2-4-14(23)5-3-12/h2-9,16-17,20,25H,10-11H2,1H3/t16-,17+,20?. The minimum atomic E-state index is -0.214. The number of nitrogens with one attached hydrogen (secondary N) is 1. The number of benzene rings is 1. The molecule has 1 aromatic carbocycles. The number of rotatable bonds is 3. The highest BCUT2D eigenvalue weighted by molar-refractivity contribution is 9.10. The molecule has 5 heteroatoms. The van der Waals surface area contributed by atoms with Crippen LogP contribution in [0.1, 0.15) is 11.6 Å². The highest BCUT2D eigenvalue weighted by Gasteiger charge is 2.56. The van der Waals surface area contributed by atoms with Gasteiger partial charge in [0.2, 0.25) is 0 Å². The van der Waals surface area contributed by atoms with Crippen molar-refractivity contribution in [2.24, 2.45) is 11.8 Å². The molecule has 3 nitrogen and oxygen atoms in total. The Labute approximate surface area is 160 Å². The fourth-order valence-corrected chi connectivity index (χ4v) is 4.86. The normalized spacial score (nSPS) is 24.7. The van der Waals surface area contributed by atoms with Gasteiger partial charge in [0.05, 0.1) is 5.69 Å². The van der Waals surface area contributed by atoms with Crippen molar-refractivity contribution in [1.29, 1.82) is 0 Å². The molecule has 0 amide bonds. The van der Waals surface area contributed by atoms with Crippen LogP contribution in [0, 0.1) is 17.7 Å². The molecule has 1 aliphatic heterocycles. The lowest BCUT2D eigenvalue weighted by molar-refractivity contribution is 0.362. The predicted molar refractivity (Wildman–Crippen MR) is 104 cm³/mol. The molecule has 3 atom stereocenters. The van der Waals surface area contributed by atoms with Crippen LogP contribution in [-0.4, -0.2) is 35.0 Å². The number of H-pyrrole nitrogens is 1. The molecule has 2 aromatic heterocycles. The van der Waals surface area contributed by atoms with Crippen molar-refractivity contribution in [3.63, 3.8) is 0 Å². The van der Waals surface area contributed by atoms with E-state index < -0.39 is 0 Å². The zero-order valence-corrected chi connectivity index (χ0v) is 16.0. The van der Waals surface area contributed by atoms with Crippen LogP contribution in [0.5, 0.6) is 0 Å². The van der Waals surface area contributed by atoms with E-state index in [1.165, 1.54) is 30.9 Å². The van der Waals surface area contributed by atoms with Gasteiger partial charge in [0.25, 0.3) is 0 Å². The number of pyridine rings is 1. The number of aromatic amines is 1. The van der Waals surface area contributed by atoms with E-state index in [1.54, 1.807) is 6.20 Å². The molecule has 26 heavy (non-hydrogen) atoms. The number of fused-ring (bicyclic) bond motifs is 1. The third-order valence-electron chi connectivity index (χ3n) is 5.74. The first-order chi connectivity index (χ1) is 12.6. The summed E-state index contributed by atoms with van der Waals surface area (Å²) < 4.78 is 14.2. The number of piperidine rings is 1. The minimum absolute atomic E-state index is 0.214. The van der Waals surface area contributed by atoms with E-state index in [-0.39, 0.29) is 5.82 Å². The molecule has 2 aliphatic rings. The molecule has 1 saturated carbocycles. The summed E-state index contributed by atoms with van der Waals surface area (Å²) in [6, 6.07) is 13.0. The molecule has 3 aromatic rings. The Hall–Kier alpha value is -1.98. The Balaban J connectivity index is 1.59. The van der Waals surface area contributed by atoms with E-state index in [0.29, 0.717) is 5.92 Å². The van der Waals surface area contributed by atoms with Gasteiger partial charge in [-0.1, -0.05) is 0 Å². The average Bonchev–Trinajstić information content (AvgIpc) is 2.97. The molecule has 1 aliphatic carbocycles. The Kier molecular flexibility index (Phi) is 3.76. The molecule has 1 saturated heterocycles. The number of hydrogen-bond donors (Lipinski definition) is 1. The van der Waals surface area contributed by atoms with Gasteiger partial charge >= 0.3 is 0 Å². The molecular formula is C21H19BrFN3. The van der Waals surface area contributed by atoms with E-state index in [0.717, 1.165) is 38.8 Å². The van der Waals surface area contributed by atoms with Crippen molar-refractivity contribution in [2.75, 3.05) is 20.1 Å². The predicted octanol–water partition coefficient (Wildman–Crippen LogP) is 4.92. The molecule has 0 spiro atoms. The molecule has 3 heterocycles. The van der Waals surface area contributed by atoms with E-state index in [1.807, 2.05) is 24.3 Å². The zero-order valence-electron chi connectivity index (χ0n) is 14.4. The largest absolute Gasteiger partial charge is 0.358 e. The topological polar surface area (TPSA) is 31.9 Å². The van der Waals surface area contributed by atoms with Gasteiger partial charge in [-0.3, -0.25) is 0 Å². The smallest absolute Gasteiger partial charge is 0.123 e. The monoisotopic (exact) mass is 411 g/mol. The summed E-state index contributed by atoms with van der Waals surface area (Å²) in [6.45, 7) is 2.35. The summed E-state index contributed by atoms with van der Waals surface area (Å²) in [5, 5.41) is 0. The second-order valence-electron chi connectivity index (χ2n) is 7.46. The molecule has 132 valence electrons. The number of hydrogen-bond acceptors (Lipinski definition) is 2. The van der Waals surface area contributed by atoms with Gasteiger partial charge in [0.1, 0.15) is 10.4 Å². The third kappa shape index (κ3) is 2.70. The fourth-order valence-electron chi connectivity index (χ4n) is 4.50. The van der Waals surface area contributed by atoms with Gasteiger partial charge in [0, 0.05) is 36.5 Å². The van der Waals surface area contributed by atoms with Crippen LogP contribution >= 0.6 is 15.9 Å². The Morgan fingerprint density at radius 1 is 1.08 bits per heavy atom. The van der Waals surface area contributed by atoms with Crippen molar-refractivity contribution >= 4 is 15.9 Å². The van der Waals surface area contributed by atoms with Crippen molar-refractivity contribution in [1.82, 2.24) is 14.9 Å². The van der Waals surface area contributed by atoms with E-state index in [2.05, 4.69) is 43.9 Å². The van der Waals surface area contributed by atoms with Crippen LogP contribution in [0.15, 0.2) is 53.3 Å². The van der Waals surface area contributed by atoms with E-state index >= 15 is 0 Å². The molecule has 0 bridgehead atoms. The summed E-state index contributed by atoms with van der Waals surface area (Å²) in [5.41, 5.74) is 5.61. The summed E-state index contributed by atoms with van der Waals surface area (Å²) in [4.78, 5) is 10.3. The SMILES string of the molecule is CN1C[C@@H]2C(c3cc(-c4ccnc(Br)c4)c(-c4ccc(F)cc4)[nH]3)[C@@H]2C1. The maximum Gasteiger partial charge on any atom is 0.123 e. The van der Waals surface area contributed by atoms with Crippen molar-refractivity contribution in [3.05, 3.63) is 64.8 Å². The van der Waals surface area contributed by atoms with Crippen molar-refractivity contribution in [2.45, 2.75) is 5.92 Å². The van der Waals surface area contributed by atoms with Crippen LogP contribution < -0.4 is 0 Å². The molecule has 2 fully saturated rings. The lowest BCUT2D eigenvalue weighted by Gasteiger charge is -2.11. The molecule has 1 unspecified atom stereocenters. The third-order valence-corrected chi connectivity index (χ3v) is 6.18. The van der Waals surface area contributed by atoms with Gasteiger partial charge in [-0.05, 0) is 88.4 Å². The average molecular weight is 412 g/mol. The molecule has 1 N–H and O–H groups in total. The first-order valence-electron chi connectivity index (χ1n) is 8.89. The Morgan fingerprint density at radius 3 is 2.50 bits per heavy atom. The molecular weight excluding hydrogens is 393 g/mol. The summed E-state index contributed by atoms with van der Waals surface area (Å²) in [7, 11) is 2.20. The minimum Gasteiger partial charge on any atom is -0.358 e. The van der Waals surface area contributed by atoms with E-state index in [4.69, 9.17) is 0 Å². The van der Waals surface area contributed by atoms with Gasteiger partial charge in [-0.15, -0.1) is 0 Å². The molecule has 5 rings (SSSR count). The maximum atomic E-state index is 13.4. The number of nitrogens with zero attached hydrogens (tertiary/aromatic N) is 2. The maximum absolute atomic E-state index is 13.4. The first-order valence-corrected chi connectivity index (χ1v) is 9.69. The fraction of sp³-hybridized carbons (Fsp3) is 0.286. The number of aromatic nitrogens is 2. The lowest BCUT2D eigenvalue weighted by atomic mass is 10.0. The van der Waals surface area contributed by atoms with Crippen LogP contribution in [0.3, 0.4) is 0 Å².